The number of nitrogens with zero attached hydrogens (tertiary/aromatic N) is 3. The van der Waals surface area contributed by atoms with Crippen LogP contribution in [0, 0.1) is 0 Å². The van der Waals surface area contributed by atoms with Crippen molar-refractivity contribution in [3.05, 3.63) is 35.2 Å². The number of urea groups is 1. The molecule has 1 fully saturated rings. The first kappa shape index (κ1) is 15.1. The molecule has 22 heavy (non-hydrogen) atoms. The number of imidazole rings is 1. The Bertz CT molecular complexity index is 663. The highest BCUT2D eigenvalue weighted by atomic mass is 35.5. The number of piperidine rings is 1. The molecule has 0 radical (unpaired) electrons. The first-order valence-electron chi connectivity index (χ1n) is 7.46. The van der Waals surface area contributed by atoms with Crippen molar-refractivity contribution in [1.82, 2.24) is 24.9 Å². The molecule has 0 atom stereocenters. The summed E-state index contributed by atoms with van der Waals surface area (Å²) in [6.07, 6.45) is 5.66. The van der Waals surface area contributed by atoms with Gasteiger partial charge in [0, 0.05) is 18.4 Å². The van der Waals surface area contributed by atoms with E-state index in [9.17, 15) is 4.79 Å². The van der Waals surface area contributed by atoms with Gasteiger partial charge in [-0.1, -0.05) is 11.6 Å². The van der Waals surface area contributed by atoms with Gasteiger partial charge in [-0.25, -0.2) is 9.78 Å². The topological polar surface area (TPSA) is 61.7 Å². The summed E-state index contributed by atoms with van der Waals surface area (Å²) in [5, 5.41) is 6.54. The largest absolute Gasteiger partial charge is 0.335 e. The van der Waals surface area contributed by atoms with E-state index >= 15 is 0 Å². The van der Waals surface area contributed by atoms with Crippen LogP contribution >= 0.6 is 11.6 Å². The molecule has 0 bridgehead atoms. The molecule has 0 aromatic carbocycles. The van der Waals surface area contributed by atoms with Gasteiger partial charge in [-0.2, -0.15) is 0 Å². The van der Waals surface area contributed by atoms with Gasteiger partial charge in [-0.15, -0.1) is 0 Å². The van der Waals surface area contributed by atoms with Gasteiger partial charge in [-0.3, -0.25) is 0 Å². The maximum atomic E-state index is 11.9. The number of amides is 2. The zero-order valence-electron chi connectivity index (χ0n) is 12.6. The van der Waals surface area contributed by atoms with Crippen LogP contribution in [0.15, 0.2) is 24.5 Å². The summed E-state index contributed by atoms with van der Waals surface area (Å²) in [6, 6.07) is 3.78. The third-order valence-corrected chi connectivity index (χ3v) is 4.17. The third kappa shape index (κ3) is 3.69. The number of nitrogens with one attached hydrogen (secondary N) is 2. The maximum Gasteiger partial charge on any atom is 0.315 e. The van der Waals surface area contributed by atoms with Crippen molar-refractivity contribution in [2.45, 2.75) is 25.4 Å². The number of aromatic nitrogens is 2. The molecular weight excluding hydrogens is 302 g/mol. The second-order valence-electron chi connectivity index (χ2n) is 5.75. The van der Waals surface area contributed by atoms with Gasteiger partial charge in [0.15, 0.2) is 0 Å². The minimum atomic E-state index is -0.135. The van der Waals surface area contributed by atoms with Crippen LogP contribution in [-0.2, 0) is 6.54 Å². The van der Waals surface area contributed by atoms with Crippen molar-refractivity contribution in [3.63, 3.8) is 0 Å². The van der Waals surface area contributed by atoms with Gasteiger partial charge in [-0.05, 0) is 45.1 Å². The molecule has 2 aromatic heterocycles. The second-order valence-corrected chi connectivity index (χ2v) is 6.19. The van der Waals surface area contributed by atoms with E-state index in [1.807, 2.05) is 16.7 Å². The average molecular weight is 322 g/mol. The van der Waals surface area contributed by atoms with Gasteiger partial charge in [0.1, 0.15) is 5.65 Å². The minimum Gasteiger partial charge on any atom is -0.335 e. The molecule has 7 heteroatoms. The fraction of sp³-hybridized carbons (Fsp3) is 0.467. The van der Waals surface area contributed by atoms with Crippen molar-refractivity contribution in [2.24, 2.45) is 0 Å². The third-order valence-electron chi connectivity index (χ3n) is 3.95. The van der Waals surface area contributed by atoms with E-state index in [0.717, 1.165) is 37.3 Å². The molecule has 2 aromatic rings. The lowest BCUT2D eigenvalue weighted by Crippen LogP contribution is -2.46. The molecule has 3 rings (SSSR count). The van der Waals surface area contributed by atoms with Crippen LogP contribution in [0.2, 0.25) is 5.02 Å². The highest BCUT2D eigenvalue weighted by Gasteiger charge is 2.18. The van der Waals surface area contributed by atoms with Gasteiger partial charge < -0.3 is 19.9 Å². The van der Waals surface area contributed by atoms with Crippen molar-refractivity contribution in [3.8, 4) is 0 Å². The summed E-state index contributed by atoms with van der Waals surface area (Å²) in [5.41, 5.74) is 1.62. The Morgan fingerprint density at radius 2 is 2.14 bits per heavy atom. The Hall–Kier alpha value is -1.79. The molecule has 0 spiro atoms. The molecular formula is C15H20ClN5O. The van der Waals surface area contributed by atoms with Crippen LogP contribution in [0.25, 0.3) is 5.65 Å². The van der Waals surface area contributed by atoms with Crippen LogP contribution in [0.4, 0.5) is 4.79 Å². The zero-order valence-corrected chi connectivity index (χ0v) is 13.3. The summed E-state index contributed by atoms with van der Waals surface area (Å²) >= 11 is 5.94. The SMILES string of the molecule is CN1CCC(NC(=O)NCc2cn3cc(Cl)ccc3n2)CC1. The molecule has 1 aliphatic heterocycles. The lowest BCUT2D eigenvalue weighted by molar-refractivity contribution is 0.213. The number of carbonyl (C=O) groups is 1. The van der Waals surface area contributed by atoms with Gasteiger partial charge in [0.05, 0.1) is 17.3 Å². The van der Waals surface area contributed by atoms with Crippen molar-refractivity contribution in [2.75, 3.05) is 20.1 Å². The summed E-state index contributed by atoms with van der Waals surface area (Å²) in [5.74, 6) is 0. The van der Waals surface area contributed by atoms with Crippen molar-refractivity contribution < 1.29 is 4.79 Å². The number of pyridine rings is 1. The Morgan fingerprint density at radius 1 is 1.36 bits per heavy atom. The predicted molar refractivity (Wildman–Crippen MR) is 86.1 cm³/mol. The quantitative estimate of drug-likeness (QED) is 0.907. The molecule has 1 saturated heterocycles. The number of hydrogen-bond donors (Lipinski definition) is 2. The number of fused-ring (bicyclic) bond motifs is 1. The molecule has 2 amide bonds. The standard InChI is InChI=1S/C15H20ClN5O/c1-20-6-4-12(5-7-20)19-15(22)17-8-13-10-21-9-11(16)2-3-14(21)18-13/h2-3,9-10,12H,4-8H2,1H3,(H2,17,19,22). The lowest BCUT2D eigenvalue weighted by Gasteiger charge is -2.29. The number of likely N-dealkylation sites (tertiary alicyclic amines) is 1. The fourth-order valence-electron chi connectivity index (χ4n) is 2.66. The number of rotatable bonds is 3. The van der Waals surface area contributed by atoms with Crippen LogP contribution < -0.4 is 10.6 Å². The maximum absolute atomic E-state index is 11.9. The number of hydrogen-bond acceptors (Lipinski definition) is 3. The predicted octanol–water partition coefficient (Wildman–Crippen LogP) is 1.88. The average Bonchev–Trinajstić information content (AvgIpc) is 2.89. The van der Waals surface area contributed by atoms with E-state index in [4.69, 9.17) is 11.6 Å². The van der Waals surface area contributed by atoms with E-state index in [-0.39, 0.29) is 12.1 Å². The first-order chi connectivity index (χ1) is 10.6. The molecule has 6 nitrogen and oxygen atoms in total. The van der Waals surface area contributed by atoms with Gasteiger partial charge in [0.25, 0.3) is 0 Å². The highest BCUT2D eigenvalue weighted by Crippen LogP contribution is 2.12. The Kier molecular flexibility index (Phi) is 4.49. The van der Waals surface area contributed by atoms with E-state index in [1.165, 1.54) is 0 Å². The zero-order chi connectivity index (χ0) is 15.5. The number of carbonyl (C=O) groups excluding carboxylic acids is 1. The summed E-state index contributed by atoms with van der Waals surface area (Å²) in [6.45, 7) is 2.45. The molecule has 0 aliphatic carbocycles. The second kappa shape index (κ2) is 6.54. The smallest absolute Gasteiger partial charge is 0.315 e. The normalized spacial score (nSPS) is 16.8. The van der Waals surface area contributed by atoms with E-state index < -0.39 is 0 Å². The summed E-state index contributed by atoms with van der Waals surface area (Å²) < 4.78 is 1.86. The highest BCUT2D eigenvalue weighted by molar-refractivity contribution is 6.30. The molecule has 0 unspecified atom stereocenters. The van der Waals surface area contributed by atoms with Crippen LogP contribution in [0.1, 0.15) is 18.5 Å². The molecule has 0 saturated carbocycles. The lowest BCUT2D eigenvalue weighted by atomic mass is 10.1. The summed E-state index contributed by atoms with van der Waals surface area (Å²) in [7, 11) is 2.10. The fourth-order valence-corrected chi connectivity index (χ4v) is 2.83. The Labute approximate surface area is 134 Å². The monoisotopic (exact) mass is 321 g/mol. The van der Waals surface area contributed by atoms with Gasteiger partial charge in [0.2, 0.25) is 0 Å². The Morgan fingerprint density at radius 3 is 2.91 bits per heavy atom. The minimum absolute atomic E-state index is 0.135. The van der Waals surface area contributed by atoms with E-state index in [2.05, 4.69) is 27.6 Å². The van der Waals surface area contributed by atoms with E-state index in [0.29, 0.717) is 11.6 Å². The van der Waals surface area contributed by atoms with Crippen molar-refractivity contribution >= 4 is 23.3 Å². The molecule has 1 aliphatic rings. The Balaban J connectivity index is 1.51. The van der Waals surface area contributed by atoms with Crippen LogP contribution in [0.3, 0.4) is 0 Å². The van der Waals surface area contributed by atoms with Crippen molar-refractivity contribution in [1.29, 1.82) is 0 Å². The molecule has 2 N–H and O–H groups in total. The summed E-state index contributed by atoms with van der Waals surface area (Å²) in [4.78, 5) is 18.7. The van der Waals surface area contributed by atoms with Gasteiger partial charge >= 0.3 is 6.03 Å². The van der Waals surface area contributed by atoms with Crippen LogP contribution in [0.5, 0.6) is 0 Å². The molecule has 118 valence electrons. The van der Waals surface area contributed by atoms with E-state index in [1.54, 1.807) is 12.3 Å². The first-order valence-corrected chi connectivity index (χ1v) is 7.84. The number of halogens is 1. The molecule has 3 heterocycles. The van der Waals surface area contributed by atoms with Crippen LogP contribution in [-0.4, -0.2) is 46.5 Å².